The highest BCUT2D eigenvalue weighted by molar-refractivity contribution is 6.30. The number of hydrazine groups is 1. The molecule has 2 nitrogen and oxygen atoms in total. The number of benzene rings is 1. The number of nitrogens with two attached hydrogens (primary N) is 1. The molecule has 0 amide bonds. The fourth-order valence-electron chi connectivity index (χ4n) is 0.637. The van der Waals surface area contributed by atoms with Gasteiger partial charge in [-0.05, 0) is 18.2 Å². The summed E-state index contributed by atoms with van der Waals surface area (Å²) in [4.78, 5) is 0. The van der Waals surface area contributed by atoms with Crippen LogP contribution in [0.1, 0.15) is 0 Å². The molecular weight excluding hydrogens is 225 g/mol. The van der Waals surface area contributed by atoms with Gasteiger partial charge in [-0.3, -0.25) is 5.84 Å². The average Bonchev–Trinajstić information content (AvgIpc) is 1.85. The molecule has 0 aliphatic heterocycles. The number of hydrogen-bond acceptors (Lipinski definition) is 2. The predicted octanol–water partition coefficient (Wildman–Crippen LogP) is 2.61. The first-order valence-electron chi connectivity index (χ1n) is 2.65. The van der Waals surface area contributed by atoms with Crippen LogP contribution in [0.15, 0.2) is 18.2 Å². The van der Waals surface area contributed by atoms with Crippen LogP contribution < -0.4 is 11.3 Å². The van der Waals surface area contributed by atoms with E-state index in [1.54, 1.807) is 0 Å². The Balaban J connectivity index is 0. The lowest BCUT2D eigenvalue weighted by atomic mass is 10.3. The van der Waals surface area contributed by atoms with Gasteiger partial charge < -0.3 is 5.43 Å². The maximum Gasteiger partial charge on any atom is 0.126 e. The Bertz CT molecular complexity index is 224. The summed E-state index contributed by atoms with van der Waals surface area (Å²) in [5.74, 6) is 4.61. The van der Waals surface area contributed by atoms with Gasteiger partial charge in [-0.1, -0.05) is 11.6 Å². The number of anilines is 1. The third kappa shape index (κ3) is 3.97. The predicted molar refractivity (Wildman–Crippen MR) is 53.7 cm³/mol. The zero-order valence-electron chi connectivity index (χ0n) is 5.88. The Morgan fingerprint density at radius 3 is 2.25 bits per heavy atom. The van der Waals surface area contributed by atoms with Crippen molar-refractivity contribution >= 4 is 42.1 Å². The minimum Gasteiger partial charge on any atom is -0.324 e. The van der Waals surface area contributed by atoms with Gasteiger partial charge >= 0.3 is 0 Å². The number of halogens is 4. The molecule has 0 fully saturated rings. The maximum absolute atomic E-state index is 12.4. The Morgan fingerprint density at radius 2 is 1.83 bits per heavy atom. The zero-order valence-corrected chi connectivity index (χ0v) is 8.27. The molecule has 1 aromatic rings. The first kappa shape index (κ1) is 14.3. The highest BCUT2D eigenvalue weighted by atomic mass is 35.5. The lowest BCUT2D eigenvalue weighted by Gasteiger charge is -1.98. The van der Waals surface area contributed by atoms with Gasteiger partial charge in [0.05, 0.1) is 5.69 Å². The fraction of sp³-hybridized carbons (Fsp3) is 0. The van der Waals surface area contributed by atoms with E-state index in [-0.39, 0.29) is 24.8 Å². The molecular formula is C6H8Cl3FN2. The summed E-state index contributed by atoms with van der Waals surface area (Å²) in [6.07, 6.45) is 0. The molecule has 0 heterocycles. The molecule has 1 rings (SSSR count). The van der Waals surface area contributed by atoms with Crippen LogP contribution in [-0.2, 0) is 0 Å². The van der Waals surface area contributed by atoms with E-state index in [2.05, 4.69) is 5.43 Å². The van der Waals surface area contributed by atoms with Gasteiger partial charge in [-0.25, -0.2) is 4.39 Å². The molecule has 3 N–H and O–H groups in total. The van der Waals surface area contributed by atoms with Crippen LogP contribution >= 0.6 is 36.4 Å². The molecule has 0 atom stereocenters. The molecule has 0 aromatic heterocycles. The summed E-state index contributed by atoms with van der Waals surface area (Å²) in [6, 6.07) is 4.00. The van der Waals surface area contributed by atoms with Crippen LogP contribution in [0.2, 0.25) is 5.02 Å². The second-order valence-corrected chi connectivity index (χ2v) is 2.24. The molecule has 0 bridgehead atoms. The molecule has 1 aromatic carbocycles. The molecule has 70 valence electrons. The molecule has 0 radical (unpaired) electrons. The smallest absolute Gasteiger partial charge is 0.126 e. The van der Waals surface area contributed by atoms with Gasteiger partial charge in [0.2, 0.25) is 0 Å². The largest absolute Gasteiger partial charge is 0.324 e. The molecule has 12 heavy (non-hydrogen) atoms. The lowest BCUT2D eigenvalue weighted by Crippen LogP contribution is -2.06. The minimum absolute atomic E-state index is 0. The summed E-state index contributed by atoms with van der Waals surface area (Å²) in [6.45, 7) is 0. The van der Waals surface area contributed by atoms with E-state index in [1.807, 2.05) is 0 Å². The molecule has 6 heteroatoms. The van der Waals surface area contributed by atoms with Crippen molar-refractivity contribution in [1.29, 1.82) is 0 Å². The number of rotatable bonds is 1. The first-order valence-corrected chi connectivity index (χ1v) is 3.03. The SMILES string of the molecule is Cl.Cl.NNc1cc(F)cc(Cl)c1. The Kier molecular flexibility index (Phi) is 7.53. The van der Waals surface area contributed by atoms with Crippen molar-refractivity contribution in [1.82, 2.24) is 0 Å². The van der Waals surface area contributed by atoms with E-state index in [0.717, 1.165) is 0 Å². The topological polar surface area (TPSA) is 38.0 Å². The minimum atomic E-state index is -0.402. The molecule has 0 aliphatic rings. The van der Waals surface area contributed by atoms with E-state index in [1.165, 1.54) is 18.2 Å². The summed E-state index contributed by atoms with van der Waals surface area (Å²) in [5, 5.41) is 0.327. The monoisotopic (exact) mass is 232 g/mol. The second-order valence-electron chi connectivity index (χ2n) is 1.80. The lowest BCUT2D eigenvalue weighted by molar-refractivity contribution is 0.628. The van der Waals surface area contributed by atoms with E-state index >= 15 is 0 Å². The van der Waals surface area contributed by atoms with Crippen LogP contribution in [0.5, 0.6) is 0 Å². The molecule has 0 spiro atoms. The van der Waals surface area contributed by atoms with E-state index in [0.29, 0.717) is 10.7 Å². The summed E-state index contributed by atoms with van der Waals surface area (Å²) in [5.41, 5.74) is 2.75. The van der Waals surface area contributed by atoms with Crippen molar-refractivity contribution in [2.24, 2.45) is 5.84 Å². The van der Waals surface area contributed by atoms with Gasteiger partial charge in [-0.15, -0.1) is 24.8 Å². The van der Waals surface area contributed by atoms with Crippen LogP contribution in [0.3, 0.4) is 0 Å². The molecule has 0 saturated carbocycles. The standard InChI is InChI=1S/C6H6ClFN2.2ClH/c7-4-1-5(8)3-6(2-4)10-9;;/h1-3,10H,9H2;2*1H. The van der Waals surface area contributed by atoms with Gasteiger partial charge in [0, 0.05) is 5.02 Å². The van der Waals surface area contributed by atoms with Crippen molar-refractivity contribution in [3.8, 4) is 0 Å². The van der Waals surface area contributed by atoms with Crippen molar-refractivity contribution < 1.29 is 4.39 Å². The molecule has 0 aliphatic carbocycles. The molecule has 0 saturated heterocycles. The Morgan fingerprint density at radius 1 is 1.25 bits per heavy atom. The Labute approximate surface area is 87.1 Å². The maximum atomic E-state index is 12.4. The average molecular weight is 234 g/mol. The number of nitrogen functional groups attached to an aromatic ring is 1. The first-order chi connectivity index (χ1) is 4.72. The van der Waals surface area contributed by atoms with Gasteiger partial charge in [0.15, 0.2) is 0 Å². The highest BCUT2D eigenvalue weighted by Crippen LogP contribution is 2.16. The summed E-state index contributed by atoms with van der Waals surface area (Å²) in [7, 11) is 0. The normalized spacial score (nSPS) is 7.92. The van der Waals surface area contributed by atoms with Crippen LogP contribution in [-0.4, -0.2) is 0 Å². The van der Waals surface area contributed by atoms with Gasteiger partial charge in [-0.2, -0.15) is 0 Å². The number of nitrogens with one attached hydrogen (secondary N) is 1. The second kappa shape index (κ2) is 6.31. The molecule has 0 unspecified atom stereocenters. The van der Waals surface area contributed by atoms with Crippen molar-refractivity contribution in [3.05, 3.63) is 29.0 Å². The van der Waals surface area contributed by atoms with Gasteiger partial charge in [0.25, 0.3) is 0 Å². The summed E-state index contributed by atoms with van der Waals surface area (Å²) >= 11 is 5.49. The fourth-order valence-corrected chi connectivity index (χ4v) is 0.859. The van der Waals surface area contributed by atoms with E-state index in [4.69, 9.17) is 17.4 Å². The van der Waals surface area contributed by atoms with Crippen molar-refractivity contribution in [2.45, 2.75) is 0 Å². The van der Waals surface area contributed by atoms with Crippen LogP contribution in [0, 0.1) is 5.82 Å². The van der Waals surface area contributed by atoms with E-state index in [9.17, 15) is 4.39 Å². The zero-order chi connectivity index (χ0) is 7.56. The summed E-state index contributed by atoms with van der Waals surface area (Å²) < 4.78 is 12.4. The quantitative estimate of drug-likeness (QED) is 0.578. The number of hydrogen-bond donors (Lipinski definition) is 2. The third-order valence-corrected chi connectivity index (χ3v) is 1.25. The Hall–Kier alpha value is -0.220. The highest BCUT2D eigenvalue weighted by Gasteiger charge is 1.95. The van der Waals surface area contributed by atoms with Crippen molar-refractivity contribution in [3.63, 3.8) is 0 Å². The van der Waals surface area contributed by atoms with E-state index < -0.39 is 5.82 Å². The third-order valence-electron chi connectivity index (χ3n) is 1.03. The van der Waals surface area contributed by atoms with Gasteiger partial charge in [0.1, 0.15) is 5.82 Å². The van der Waals surface area contributed by atoms with Crippen LogP contribution in [0.4, 0.5) is 10.1 Å². The van der Waals surface area contributed by atoms with Crippen LogP contribution in [0.25, 0.3) is 0 Å². The van der Waals surface area contributed by atoms with Crippen molar-refractivity contribution in [2.75, 3.05) is 5.43 Å².